The van der Waals surface area contributed by atoms with Gasteiger partial charge in [0, 0.05) is 53.9 Å². The third kappa shape index (κ3) is 5.60. The van der Waals surface area contributed by atoms with Gasteiger partial charge in [0.1, 0.15) is 18.2 Å². The highest BCUT2D eigenvalue weighted by Crippen LogP contribution is 2.22. The van der Waals surface area contributed by atoms with Crippen molar-refractivity contribution in [3.05, 3.63) is 99.3 Å². The number of nitrogens with zero attached hydrogens (tertiary/aromatic N) is 2. The van der Waals surface area contributed by atoms with Crippen molar-refractivity contribution in [3.63, 3.8) is 0 Å². The minimum Gasteiger partial charge on any atom is -0.489 e. The molecule has 0 N–H and O–H groups in total. The van der Waals surface area contributed by atoms with Crippen LogP contribution < -0.4 is 4.74 Å². The van der Waals surface area contributed by atoms with E-state index in [0.717, 1.165) is 11.3 Å². The number of ether oxygens (including phenoxy) is 1. The second kappa shape index (κ2) is 10.3. The first kappa shape index (κ1) is 22.6. The molecule has 7 heteroatoms. The lowest BCUT2D eigenvalue weighted by Crippen LogP contribution is -2.48. The van der Waals surface area contributed by atoms with Crippen LogP contribution in [0, 0.1) is 5.82 Å². The van der Waals surface area contributed by atoms with Gasteiger partial charge in [-0.25, -0.2) is 4.39 Å². The number of carbonyl (C=O) groups is 1. The molecule has 0 bridgehead atoms. The third-order valence-electron chi connectivity index (χ3n) is 5.50. The van der Waals surface area contributed by atoms with Gasteiger partial charge in [-0.2, -0.15) is 0 Å². The fraction of sp³-hybridized carbons (Fsp3) is 0.240. The first-order valence-corrected chi connectivity index (χ1v) is 11.2. The maximum atomic E-state index is 14.1. The van der Waals surface area contributed by atoms with E-state index in [4.69, 9.17) is 27.9 Å². The Morgan fingerprint density at radius 1 is 0.938 bits per heavy atom. The first-order valence-electron chi connectivity index (χ1n) is 10.4. The number of benzene rings is 3. The zero-order valence-electron chi connectivity index (χ0n) is 17.4. The standard InChI is InChI=1S/C25H23Cl2FN2O2/c26-20-7-9-21(10-8-20)32-17-18-3-1-4-19(15-18)25(31)30-13-11-29(12-14-30)16-22-23(27)5-2-6-24(22)28/h1-10,15H,11-14,16-17H2. The molecule has 1 saturated heterocycles. The monoisotopic (exact) mass is 472 g/mol. The number of rotatable bonds is 6. The van der Waals surface area contributed by atoms with E-state index in [9.17, 15) is 9.18 Å². The topological polar surface area (TPSA) is 32.8 Å². The highest BCUT2D eigenvalue weighted by molar-refractivity contribution is 6.31. The summed E-state index contributed by atoms with van der Waals surface area (Å²) in [5.74, 6) is 0.410. The quantitative estimate of drug-likeness (QED) is 0.463. The van der Waals surface area contributed by atoms with E-state index >= 15 is 0 Å². The lowest BCUT2D eigenvalue weighted by molar-refractivity contribution is 0.0627. The number of amides is 1. The summed E-state index contributed by atoms with van der Waals surface area (Å²) in [6, 6.07) is 19.4. The Labute approximate surface area is 197 Å². The highest BCUT2D eigenvalue weighted by atomic mass is 35.5. The number of piperazine rings is 1. The van der Waals surface area contributed by atoms with Crippen LogP contribution in [0.25, 0.3) is 0 Å². The average molecular weight is 473 g/mol. The molecule has 4 rings (SSSR count). The van der Waals surface area contributed by atoms with E-state index in [1.54, 1.807) is 24.3 Å². The van der Waals surface area contributed by atoms with Gasteiger partial charge in [-0.05, 0) is 54.1 Å². The van der Waals surface area contributed by atoms with Crippen LogP contribution in [0.15, 0.2) is 66.7 Å². The van der Waals surface area contributed by atoms with Gasteiger partial charge in [-0.15, -0.1) is 0 Å². The van der Waals surface area contributed by atoms with E-state index in [1.807, 2.05) is 41.3 Å². The molecule has 1 aliphatic heterocycles. The lowest BCUT2D eigenvalue weighted by atomic mass is 10.1. The maximum absolute atomic E-state index is 14.1. The Hall–Kier alpha value is -2.60. The van der Waals surface area contributed by atoms with Gasteiger partial charge in [0.05, 0.1) is 0 Å². The molecule has 0 atom stereocenters. The van der Waals surface area contributed by atoms with E-state index in [2.05, 4.69) is 4.90 Å². The molecule has 0 aromatic heterocycles. The summed E-state index contributed by atoms with van der Waals surface area (Å²) < 4.78 is 19.9. The summed E-state index contributed by atoms with van der Waals surface area (Å²) in [5.41, 5.74) is 2.05. The summed E-state index contributed by atoms with van der Waals surface area (Å²) in [4.78, 5) is 17.0. The van der Waals surface area contributed by atoms with Gasteiger partial charge < -0.3 is 9.64 Å². The molecule has 0 aliphatic carbocycles. The maximum Gasteiger partial charge on any atom is 0.253 e. The largest absolute Gasteiger partial charge is 0.489 e. The predicted octanol–water partition coefficient (Wildman–Crippen LogP) is 5.67. The molecule has 3 aromatic rings. The van der Waals surface area contributed by atoms with E-state index in [0.29, 0.717) is 60.5 Å². The van der Waals surface area contributed by atoms with Gasteiger partial charge in [0.2, 0.25) is 0 Å². The zero-order valence-corrected chi connectivity index (χ0v) is 19.0. The Morgan fingerprint density at radius 2 is 1.66 bits per heavy atom. The summed E-state index contributed by atoms with van der Waals surface area (Å²) in [6.07, 6.45) is 0. The van der Waals surface area contributed by atoms with E-state index < -0.39 is 0 Å². The molecule has 0 spiro atoms. The van der Waals surface area contributed by atoms with Crippen LogP contribution in [0.3, 0.4) is 0 Å². The van der Waals surface area contributed by atoms with Gasteiger partial charge in [-0.1, -0.05) is 41.4 Å². The van der Waals surface area contributed by atoms with Crippen LogP contribution in [0.4, 0.5) is 4.39 Å². The van der Waals surface area contributed by atoms with Gasteiger partial charge in [0.25, 0.3) is 5.91 Å². The minimum absolute atomic E-state index is 0.0121. The molecular formula is C25H23Cl2FN2O2. The van der Waals surface area contributed by atoms with Crippen molar-refractivity contribution in [2.75, 3.05) is 26.2 Å². The summed E-state index contributed by atoms with van der Waals surface area (Å²) >= 11 is 12.0. The lowest BCUT2D eigenvalue weighted by Gasteiger charge is -2.35. The summed E-state index contributed by atoms with van der Waals surface area (Å²) in [7, 11) is 0. The molecule has 0 radical (unpaired) electrons. The smallest absolute Gasteiger partial charge is 0.253 e. The second-order valence-corrected chi connectivity index (χ2v) is 8.56. The van der Waals surface area contributed by atoms with Crippen molar-refractivity contribution >= 4 is 29.1 Å². The SMILES string of the molecule is O=C(c1cccc(COc2ccc(Cl)cc2)c1)N1CCN(Cc2c(F)cccc2Cl)CC1. The molecule has 4 nitrogen and oxygen atoms in total. The fourth-order valence-corrected chi connectivity index (χ4v) is 4.04. The number of hydrogen-bond donors (Lipinski definition) is 0. The van der Waals surface area contributed by atoms with Crippen molar-refractivity contribution in [2.24, 2.45) is 0 Å². The summed E-state index contributed by atoms with van der Waals surface area (Å²) in [6.45, 7) is 3.28. The fourth-order valence-electron chi connectivity index (χ4n) is 3.69. The van der Waals surface area contributed by atoms with Crippen molar-refractivity contribution in [3.8, 4) is 5.75 Å². The molecule has 1 amide bonds. The summed E-state index contributed by atoms with van der Waals surface area (Å²) in [5, 5.41) is 1.09. The Balaban J connectivity index is 1.33. The molecule has 0 saturated carbocycles. The molecular weight excluding hydrogens is 450 g/mol. The molecule has 1 heterocycles. The number of halogens is 3. The molecule has 1 aliphatic rings. The van der Waals surface area contributed by atoms with E-state index in [-0.39, 0.29) is 11.7 Å². The average Bonchev–Trinajstić information content (AvgIpc) is 2.81. The van der Waals surface area contributed by atoms with Crippen LogP contribution in [0.5, 0.6) is 5.75 Å². The van der Waals surface area contributed by atoms with Gasteiger partial charge >= 0.3 is 0 Å². The zero-order chi connectivity index (χ0) is 22.5. The first-order chi connectivity index (χ1) is 15.5. The normalized spacial score (nSPS) is 14.4. The number of hydrogen-bond acceptors (Lipinski definition) is 3. The third-order valence-corrected chi connectivity index (χ3v) is 6.10. The van der Waals surface area contributed by atoms with Gasteiger partial charge in [0.15, 0.2) is 0 Å². The van der Waals surface area contributed by atoms with Gasteiger partial charge in [-0.3, -0.25) is 9.69 Å². The molecule has 0 unspecified atom stereocenters. The van der Waals surface area contributed by atoms with Crippen LogP contribution in [-0.4, -0.2) is 41.9 Å². The Morgan fingerprint density at radius 3 is 2.38 bits per heavy atom. The van der Waals surface area contributed by atoms with Crippen molar-refractivity contribution in [2.45, 2.75) is 13.2 Å². The van der Waals surface area contributed by atoms with Crippen molar-refractivity contribution < 1.29 is 13.9 Å². The molecule has 1 fully saturated rings. The predicted molar refractivity (Wildman–Crippen MR) is 125 cm³/mol. The van der Waals surface area contributed by atoms with Crippen molar-refractivity contribution in [1.29, 1.82) is 0 Å². The Kier molecular flexibility index (Phi) is 7.30. The van der Waals surface area contributed by atoms with Crippen LogP contribution in [-0.2, 0) is 13.2 Å². The highest BCUT2D eigenvalue weighted by Gasteiger charge is 2.23. The molecule has 32 heavy (non-hydrogen) atoms. The molecule has 166 valence electrons. The molecule has 3 aromatic carbocycles. The second-order valence-electron chi connectivity index (χ2n) is 7.71. The van der Waals surface area contributed by atoms with Crippen LogP contribution >= 0.6 is 23.2 Å². The number of carbonyl (C=O) groups excluding carboxylic acids is 1. The van der Waals surface area contributed by atoms with E-state index in [1.165, 1.54) is 6.07 Å². The van der Waals surface area contributed by atoms with Crippen LogP contribution in [0.2, 0.25) is 10.0 Å². The minimum atomic E-state index is -0.298. The van der Waals surface area contributed by atoms with Crippen LogP contribution in [0.1, 0.15) is 21.5 Å². The Bertz CT molecular complexity index is 1060. The van der Waals surface area contributed by atoms with Crippen molar-refractivity contribution in [1.82, 2.24) is 9.80 Å².